The van der Waals surface area contributed by atoms with Gasteiger partial charge in [-0.3, -0.25) is 14.4 Å². The molecule has 0 spiro atoms. The molecule has 96 valence electrons. The number of carboxylic acid groups (broad SMARTS) is 1. The van der Waals surface area contributed by atoms with Crippen molar-refractivity contribution in [3.05, 3.63) is 29.6 Å². The summed E-state index contributed by atoms with van der Waals surface area (Å²) in [5, 5.41) is 10.6. The molecule has 0 aromatic heterocycles. The lowest BCUT2D eigenvalue weighted by Gasteiger charge is -2.06. The van der Waals surface area contributed by atoms with E-state index in [9.17, 15) is 18.8 Å². The first-order valence-electron chi connectivity index (χ1n) is 5.01. The number of anilines is 1. The number of primary amides is 1. The van der Waals surface area contributed by atoms with E-state index in [-0.39, 0.29) is 24.1 Å². The molecule has 0 bridgehead atoms. The third-order valence-electron chi connectivity index (χ3n) is 2.09. The number of benzene rings is 1. The number of rotatable bonds is 5. The fourth-order valence-corrected chi connectivity index (χ4v) is 1.21. The Morgan fingerprint density at radius 2 is 1.94 bits per heavy atom. The standard InChI is InChI=1S/C11H11FN2O4/c12-7-2-1-6(11(13)18)5-8(7)14-9(15)3-4-10(16)17/h1-2,5H,3-4H2,(H2,13,18)(H,14,15)(H,16,17). The molecule has 0 aliphatic rings. The normalized spacial score (nSPS) is 9.83. The first-order chi connectivity index (χ1) is 8.40. The molecule has 0 heterocycles. The van der Waals surface area contributed by atoms with Crippen molar-refractivity contribution in [3.8, 4) is 0 Å². The molecule has 6 nitrogen and oxygen atoms in total. The Morgan fingerprint density at radius 1 is 1.28 bits per heavy atom. The van der Waals surface area contributed by atoms with Crippen molar-refractivity contribution in [3.63, 3.8) is 0 Å². The van der Waals surface area contributed by atoms with Crippen LogP contribution in [0.15, 0.2) is 18.2 Å². The molecule has 1 rings (SSSR count). The number of nitrogens with two attached hydrogens (primary N) is 1. The number of halogens is 1. The van der Waals surface area contributed by atoms with Crippen LogP contribution in [0.3, 0.4) is 0 Å². The van der Waals surface area contributed by atoms with E-state index in [2.05, 4.69) is 5.32 Å². The van der Waals surface area contributed by atoms with E-state index in [1.165, 1.54) is 6.07 Å². The molecule has 0 fully saturated rings. The predicted molar refractivity (Wildman–Crippen MR) is 60.4 cm³/mol. The van der Waals surface area contributed by atoms with Gasteiger partial charge in [0.1, 0.15) is 5.82 Å². The van der Waals surface area contributed by atoms with Gasteiger partial charge in [0.15, 0.2) is 0 Å². The number of carbonyl (C=O) groups is 3. The van der Waals surface area contributed by atoms with Gasteiger partial charge in [-0.15, -0.1) is 0 Å². The number of nitrogens with one attached hydrogen (secondary N) is 1. The van der Waals surface area contributed by atoms with Crippen molar-refractivity contribution in [2.75, 3.05) is 5.32 Å². The zero-order valence-electron chi connectivity index (χ0n) is 9.27. The topological polar surface area (TPSA) is 109 Å². The average molecular weight is 254 g/mol. The largest absolute Gasteiger partial charge is 0.481 e. The minimum atomic E-state index is -1.13. The maximum absolute atomic E-state index is 13.3. The molecule has 2 amide bonds. The smallest absolute Gasteiger partial charge is 0.303 e. The van der Waals surface area contributed by atoms with Gasteiger partial charge >= 0.3 is 5.97 Å². The Kier molecular flexibility index (Phi) is 4.36. The first-order valence-corrected chi connectivity index (χ1v) is 5.01. The lowest BCUT2D eigenvalue weighted by Crippen LogP contribution is -2.16. The van der Waals surface area contributed by atoms with Gasteiger partial charge in [0.05, 0.1) is 12.1 Å². The van der Waals surface area contributed by atoms with Gasteiger partial charge < -0.3 is 16.2 Å². The molecule has 0 saturated heterocycles. The second kappa shape index (κ2) is 5.76. The van der Waals surface area contributed by atoms with Crippen LogP contribution in [0, 0.1) is 5.82 Å². The van der Waals surface area contributed by atoms with Crippen LogP contribution in [0.2, 0.25) is 0 Å². The van der Waals surface area contributed by atoms with E-state index in [1.54, 1.807) is 0 Å². The van der Waals surface area contributed by atoms with Gasteiger partial charge in [-0.1, -0.05) is 0 Å². The molecule has 0 aliphatic heterocycles. The zero-order valence-corrected chi connectivity index (χ0v) is 9.27. The molecule has 0 unspecified atom stereocenters. The van der Waals surface area contributed by atoms with Gasteiger partial charge in [0, 0.05) is 12.0 Å². The van der Waals surface area contributed by atoms with E-state index < -0.39 is 23.6 Å². The fourth-order valence-electron chi connectivity index (χ4n) is 1.21. The summed E-state index contributed by atoms with van der Waals surface area (Å²) in [6.45, 7) is 0. The van der Waals surface area contributed by atoms with E-state index in [1.807, 2.05) is 0 Å². The molecule has 0 aliphatic carbocycles. The molecular formula is C11H11FN2O4. The van der Waals surface area contributed by atoms with Crippen LogP contribution in [-0.2, 0) is 9.59 Å². The molecule has 4 N–H and O–H groups in total. The van der Waals surface area contributed by atoms with Crippen molar-refractivity contribution < 1.29 is 23.9 Å². The number of amides is 2. The number of carboxylic acids is 1. The minimum Gasteiger partial charge on any atom is -0.481 e. The number of aliphatic carboxylic acids is 1. The molecule has 1 aromatic rings. The lowest BCUT2D eigenvalue weighted by molar-refractivity contribution is -0.138. The second-order valence-electron chi connectivity index (χ2n) is 3.50. The van der Waals surface area contributed by atoms with Crippen LogP contribution in [0.1, 0.15) is 23.2 Å². The third kappa shape index (κ3) is 3.85. The van der Waals surface area contributed by atoms with Crippen molar-refractivity contribution in [2.24, 2.45) is 5.73 Å². The Morgan fingerprint density at radius 3 is 2.50 bits per heavy atom. The Hall–Kier alpha value is -2.44. The Balaban J connectivity index is 2.77. The molecule has 0 atom stereocenters. The highest BCUT2D eigenvalue weighted by molar-refractivity contribution is 5.96. The Bertz CT molecular complexity index is 502. The predicted octanol–water partition coefficient (Wildman–Crippen LogP) is 0.728. The van der Waals surface area contributed by atoms with Crippen molar-refractivity contribution in [1.29, 1.82) is 0 Å². The number of hydrogen-bond acceptors (Lipinski definition) is 3. The summed E-state index contributed by atoms with van der Waals surface area (Å²) in [6.07, 6.45) is -0.640. The summed E-state index contributed by atoms with van der Waals surface area (Å²) in [6, 6.07) is 3.27. The summed E-state index contributed by atoms with van der Waals surface area (Å²) in [5.74, 6) is -3.27. The summed E-state index contributed by atoms with van der Waals surface area (Å²) in [5.41, 5.74) is 4.85. The van der Waals surface area contributed by atoms with Crippen LogP contribution in [-0.4, -0.2) is 22.9 Å². The number of carbonyl (C=O) groups excluding carboxylic acids is 2. The molecule has 7 heteroatoms. The van der Waals surface area contributed by atoms with E-state index in [0.29, 0.717) is 0 Å². The highest BCUT2D eigenvalue weighted by atomic mass is 19.1. The summed E-state index contributed by atoms with van der Waals surface area (Å²) in [7, 11) is 0. The average Bonchev–Trinajstić information content (AvgIpc) is 2.29. The number of hydrogen-bond donors (Lipinski definition) is 3. The monoisotopic (exact) mass is 254 g/mol. The van der Waals surface area contributed by atoms with Crippen LogP contribution in [0.25, 0.3) is 0 Å². The zero-order chi connectivity index (χ0) is 13.7. The van der Waals surface area contributed by atoms with E-state index in [0.717, 1.165) is 12.1 Å². The van der Waals surface area contributed by atoms with Crippen LogP contribution >= 0.6 is 0 Å². The summed E-state index contributed by atoms with van der Waals surface area (Å²) >= 11 is 0. The lowest BCUT2D eigenvalue weighted by atomic mass is 10.2. The highest BCUT2D eigenvalue weighted by Crippen LogP contribution is 2.16. The molecule has 18 heavy (non-hydrogen) atoms. The fraction of sp³-hybridized carbons (Fsp3) is 0.182. The molecule has 0 saturated carbocycles. The van der Waals surface area contributed by atoms with Gasteiger partial charge in [-0.2, -0.15) is 0 Å². The maximum Gasteiger partial charge on any atom is 0.303 e. The molecular weight excluding hydrogens is 243 g/mol. The summed E-state index contributed by atoms with van der Waals surface area (Å²) in [4.78, 5) is 32.4. The van der Waals surface area contributed by atoms with Crippen LogP contribution in [0.4, 0.5) is 10.1 Å². The second-order valence-corrected chi connectivity index (χ2v) is 3.50. The van der Waals surface area contributed by atoms with Gasteiger partial charge in [0.25, 0.3) is 0 Å². The quantitative estimate of drug-likeness (QED) is 0.719. The van der Waals surface area contributed by atoms with Gasteiger partial charge in [-0.05, 0) is 18.2 Å². The first kappa shape index (κ1) is 13.6. The van der Waals surface area contributed by atoms with E-state index >= 15 is 0 Å². The maximum atomic E-state index is 13.3. The van der Waals surface area contributed by atoms with Gasteiger partial charge in [-0.25, -0.2) is 4.39 Å². The van der Waals surface area contributed by atoms with Crippen LogP contribution in [0.5, 0.6) is 0 Å². The third-order valence-corrected chi connectivity index (χ3v) is 2.09. The van der Waals surface area contributed by atoms with E-state index in [4.69, 9.17) is 10.8 Å². The molecule has 0 radical (unpaired) electrons. The minimum absolute atomic E-state index is 0.0462. The molecule has 1 aromatic carbocycles. The summed E-state index contributed by atoms with van der Waals surface area (Å²) < 4.78 is 13.3. The van der Waals surface area contributed by atoms with Crippen molar-refractivity contribution >= 4 is 23.5 Å². The highest BCUT2D eigenvalue weighted by Gasteiger charge is 2.11. The Labute approximate surface area is 102 Å². The van der Waals surface area contributed by atoms with Crippen LogP contribution < -0.4 is 11.1 Å². The van der Waals surface area contributed by atoms with Crippen molar-refractivity contribution in [2.45, 2.75) is 12.8 Å². The van der Waals surface area contributed by atoms with Gasteiger partial charge in [0.2, 0.25) is 11.8 Å². The van der Waals surface area contributed by atoms with Crippen molar-refractivity contribution in [1.82, 2.24) is 0 Å². The SMILES string of the molecule is NC(=O)c1ccc(F)c(NC(=O)CCC(=O)O)c1.